The number of hydrogen-bond acceptors (Lipinski definition) is 2. The van der Waals surface area contributed by atoms with E-state index in [0.717, 1.165) is 22.2 Å². The molecule has 2 aromatic rings. The van der Waals surface area contributed by atoms with Crippen molar-refractivity contribution in [1.29, 1.82) is 0 Å². The molecule has 0 amide bonds. The summed E-state index contributed by atoms with van der Waals surface area (Å²) in [5.41, 5.74) is 4.13. The minimum absolute atomic E-state index is 0.361. The van der Waals surface area contributed by atoms with Crippen molar-refractivity contribution in [2.45, 2.75) is 19.1 Å². The molecule has 0 aliphatic heterocycles. The molecule has 0 spiro atoms. The van der Waals surface area contributed by atoms with Gasteiger partial charge in [-0.05, 0) is 47.9 Å². The summed E-state index contributed by atoms with van der Waals surface area (Å²) in [4.78, 5) is 0. The smallest absolute Gasteiger partial charge is 0.271 e. The van der Waals surface area contributed by atoms with Gasteiger partial charge in [-0.1, -0.05) is 34.1 Å². The fraction of sp³-hybridized carbons (Fsp3) is 0.200. The molecule has 0 saturated carbocycles. The Kier molecular flexibility index (Phi) is 4.70. The Bertz CT molecular complexity index is 624. The third-order valence-corrected chi connectivity index (χ3v) is 3.81. The number of benzene rings is 2. The summed E-state index contributed by atoms with van der Waals surface area (Å²) >= 11 is 3.34. The van der Waals surface area contributed by atoms with E-state index in [-0.39, 0.29) is 6.04 Å². The molecule has 0 aliphatic carbocycles. The molecule has 1 atom stereocenters. The summed E-state index contributed by atoms with van der Waals surface area (Å²) in [6.45, 7) is 1.65. The van der Waals surface area contributed by atoms with Gasteiger partial charge < -0.3 is 0 Å². The van der Waals surface area contributed by atoms with Crippen LogP contribution in [0.5, 0.6) is 0 Å². The average Bonchev–Trinajstić information content (AvgIpc) is 2.42. The first kappa shape index (κ1) is 16.0. The van der Waals surface area contributed by atoms with E-state index < -0.39 is 11.7 Å². The number of hydrazine groups is 1. The first-order chi connectivity index (χ1) is 9.82. The highest BCUT2D eigenvalue weighted by Crippen LogP contribution is 2.33. The van der Waals surface area contributed by atoms with Crippen molar-refractivity contribution in [3.63, 3.8) is 0 Å². The Morgan fingerprint density at radius 3 is 2.19 bits per heavy atom. The van der Waals surface area contributed by atoms with Gasteiger partial charge in [-0.25, -0.2) is 5.43 Å². The SMILES string of the molecule is Cc1cc(C(F)(F)F)ccc1C(NN)c1ccc(Br)cc1. The first-order valence-corrected chi connectivity index (χ1v) is 7.01. The van der Waals surface area contributed by atoms with E-state index in [1.54, 1.807) is 6.92 Å². The molecule has 0 saturated heterocycles. The van der Waals surface area contributed by atoms with E-state index in [4.69, 9.17) is 5.84 Å². The van der Waals surface area contributed by atoms with Crippen molar-refractivity contribution in [3.8, 4) is 0 Å². The topological polar surface area (TPSA) is 38.0 Å². The second-order valence-corrected chi connectivity index (χ2v) is 5.64. The zero-order chi connectivity index (χ0) is 15.6. The summed E-state index contributed by atoms with van der Waals surface area (Å²) in [5.74, 6) is 5.58. The highest BCUT2D eigenvalue weighted by molar-refractivity contribution is 9.10. The molecule has 0 fully saturated rings. The highest BCUT2D eigenvalue weighted by atomic mass is 79.9. The Morgan fingerprint density at radius 1 is 1.10 bits per heavy atom. The number of alkyl halides is 3. The van der Waals surface area contributed by atoms with Gasteiger partial charge in [0.15, 0.2) is 0 Å². The Morgan fingerprint density at radius 2 is 1.71 bits per heavy atom. The van der Waals surface area contributed by atoms with Crippen LogP contribution in [0.1, 0.15) is 28.3 Å². The molecule has 0 heterocycles. The van der Waals surface area contributed by atoms with Gasteiger partial charge in [0.25, 0.3) is 0 Å². The monoisotopic (exact) mass is 358 g/mol. The second kappa shape index (κ2) is 6.17. The zero-order valence-corrected chi connectivity index (χ0v) is 12.8. The number of nitrogens with one attached hydrogen (secondary N) is 1. The standard InChI is InChI=1S/C15H14BrF3N2/c1-9-8-11(15(17,18)19)4-7-13(9)14(21-20)10-2-5-12(16)6-3-10/h2-8,14,21H,20H2,1H3. The predicted molar refractivity (Wildman–Crippen MR) is 79.5 cm³/mol. The molecule has 0 radical (unpaired) electrons. The molecular weight excluding hydrogens is 345 g/mol. The van der Waals surface area contributed by atoms with Crippen LogP contribution in [0.2, 0.25) is 0 Å². The molecule has 0 aliphatic rings. The van der Waals surface area contributed by atoms with E-state index in [0.29, 0.717) is 11.1 Å². The summed E-state index contributed by atoms with van der Waals surface area (Å²) in [7, 11) is 0. The van der Waals surface area contributed by atoms with Crippen LogP contribution in [0.3, 0.4) is 0 Å². The minimum atomic E-state index is -4.34. The van der Waals surface area contributed by atoms with Gasteiger partial charge in [0.2, 0.25) is 0 Å². The molecule has 6 heteroatoms. The molecule has 2 rings (SSSR count). The lowest BCUT2D eigenvalue weighted by molar-refractivity contribution is -0.137. The van der Waals surface area contributed by atoms with Crippen molar-refractivity contribution in [1.82, 2.24) is 5.43 Å². The van der Waals surface area contributed by atoms with Crippen molar-refractivity contribution in [2.75, 3.05) is 0 Å². The highest BCUT2D eigenvalue weighted by Gasteiger charge is 2.31. The molecule has 0 bridgehead atoms. The molecule has 21 heavy (non-hydrogen) atoms. The summed E-state index contributed by atoms with van der Waals surface area (Å²) in [6, 6.07) is 10.8. The average molecular weight is 359 g/mol. The van der Waals surface area contributed by atoms with Crippen LogP contribution in [-0.2, 0) is 6.18 Å². The number of rotatable bonds is 3. The number of nitrogens with two attached hydrogens (primary N) is 1. The largest absolute Gasteiger partial charge is 0.416 e. The van der Waals surface area contributed by atoms with Crippen LogP contribution >= 0.6 is 15.9 Å². The minimum Gasteiger partial charge on any atom is -0.271 e. The summed E-state index contributed by atoms with van der Waals surface area (Å²) in [6.07, 6.45) is -4.34. The van der Waals surface area contributed by atoms with Gasteiger partial charge in [0, 0.05) is 4.47 Å². The quantitative estimate of drug-likeness (QED) is 0.633. The van der Waals surface area contributed by atoms with Crippen molar-refractivity contribution < 1.29 is 13.2 Å². The maximum atomic E-state index is 12.7. The van der Waals surface area contributed by atoms with Crippen LogP contribution in [0, 0.1) is 6.92 Å². The maximum Gasteiger partial charge on any atom is 0.416 e. The molecule has 2 nitrogen and oxygen atoms in total. The van der Waals surface area contributed by atoms with E-state index in [9.17, 15) is 13.2 Å². The van der Waals surface area contributed by atoms with E-state index >= 15 is 0 Å². The fourth-order valence-corrected chi connectivity index (χ4v) is 2.46. The van der Waals surface area contributed by atoms with Gasteiger partial charge in [-0.2, -0.15) is 13.2 Å². The van der Waals surface area contributed by atoms with Gasteiger partial charge in [0.05, 0.1) is 11.6 Å². The van der Waals surface area contributed by atoms with E-state index in [2.05, 4.69) is 21.4 Å². The number of halogens is 4. The third kappa shape index (κ3) is 3.64. The fourth-order valence-electron chi connectivity index (χ4n) is 2.20. The van der Waals surface area contributed by atoms with Crippen LogP contribution in [-0.4, -0.2) is 0 Å². The maximum absolute atomic E-state index is 12.7. The summed E-state index contributed by atoms with van der Waals surface area (Å²) in [5, 5.41) is 0. The normalized spacial score (nSPS) is 13.2. The molecule has 0 aromatic heterocycles. The van der Waals surface area contributed by atoms with Gasteiger partial charge in [-0.15, -0.1) is 0 Å². The van der Waals surface area contributed by atoms with E-state index in [1.165, 1.54) is 6.07 Å². The Hall–Kier alpha value is -1.37. The zero-order valence-electron chi connectivity index (χ0n) is 11.2. The van der Waals surface area contributed by atoms with Gasteiger partial charge >= 0.3 is 6.18 Å². The molecular formula is C15H14BrF3N2. The lowest BCUT2D eigenvalue weighted by atomic mass is 9.94. The van der Waals surface area contributed by atoms with E-state index in [1.807, 2.05) is 24.3 Å². The predicted octanol–water partition coefficient (Wildman–Crippen LogP) is 4.33. The van der Waals surface area contributed by atoms with Gasteiger partial charge in [-0.3, -0.25) is 5.84 Å². The lowest BCUT2D eigenvalue weighted by Crippen LogP contribution is -2.29. The summed E-state index contributed by atoms with van der Waals surface area (Å²) < 4.78 is 39.0. The van der Waals surface area contributed by atoms with Crippen LogP contribution in [0.4, 0.5) is 13.2 Å². The van der Waals surface area contributed by atoms with Crippen molar-refractivity contribution in [3.05, 3.63) is 69.2 Å². The Labute approximate surface area is 129 Å². The third-order valence-electron chi connectivity index (χ3n) is 3.28. The van der Waals surface area contributed by atoms with Crippen LogP contribution < -0.4 is 11.3 Å². The van der Waals surface area contributed by atoms with Crippen molar-refractivity contribution >= 4 is 15.9 Å². The first-order valence-electron chi connectivity index (χ1n) is 6.22. The van der Waals surface area contributed by atoms with Crippen LogP contribution in [0.15, 0.2) is 46.9 Å². The number of aryl methyl sites for hydroxylation is 1. The molecule has 112 valence electrons. The Balaban J connectivity index is 2.41. The van der Waals surface area contributed by atoms with Gasteiger partial charge in [0.1, 0.15) is 0 Å². The lowest BCUT2D eigenvalue weighted by Gasteiger charge is -2.20. The second-order valence-electron chi connectivity index (χ2n) is 4.72. The molecule has 2 aromatic carbocycles. The number of hydrogen-bond donors (Lipinski definition) is 2. The molecule has 3 N–H and O–H groups in total. The molecule has 1 unspecified atom stereocenters. The van der Waals surface area contributed by atoms with Crippen LogP contribution in [0.25, 0.3) is 0 Å². The van der Waals surface area contributed by atoms with Crippen molar-refractivity contribution in [2.24, 2.45) is 5.84 Å².